The molecule has 0 atom stereocenters. The number of anilines is 1. The summed E-state index contributed by atoms with van der Waals surface area (Å²) in [5, 5.41) is 0. The van der Waals surface area contributed by atoms with Crippen LogP contribution in [0.25, 0.3) is 11.6 Å². The molecule has 0 saturated carbocycles. The van der Waals surface area contributed by atoms with E-state index in [-0.39, 0.29) is 0 Å². The van der Waals surface area contributed by atoms with Gasteiger partial charge in [-0.3, -0.25) is 4.79 Å². The molecule has 0 radical (unpaired) electrons. The molecule has 0 N–H and O–H groups in total. The number of carbonyl (C=O) groups is 1. The molecular weight excluding hydrogens is 234 g/mol. The SMILES string of the molecule is CN(C)c1ccc(/C=C(\C=O)c2ccccc2)cc1. The number of nitrogens with zero attached hydrogens (tertiary/aromatic N) is 1. The van der Waals surface area contributed by atoms with E-state index in [1.807, 2.05) is 79.7 Å². The predicted molar refractivity (Wildman–Crippen MR) is 81.1 cm³/mol. The number of hydrogen-bond donors (Lipinski definition) is 0. The van der Waals surface area contributed by atoms with Gasteiger partial charge in [0.1, 0.15) is 0 Å². The van der Waals surface area contributed by atoms with Gasteiger partial charge in [0.2, 0.25) is 0 Å². The topological polar surface area (TPSA) is 20.3 Å². The lowest BCUT2D eigenvalue weighted by atomic mass is 10.0. The minimum absolute atomic E-state index is 0.693. The summed E-state index contributed by atoms with van der Waals surface area (Å²) in [6.45, 7) is 0. The van der Waals surface area contributed by atoms with Crippen molar-refractivity contribution < 1.29 is 4.79 Å². The van der Waals surface area contributed by atoms with Crippen molar-refractivity contribution in [1.29, 1.82) is 0 Å². The van der Waals surface area contributed by atoms with Crippen LogP contribution < -0.4 is 4.90 Å². The van der Waals surface area contributed by atoms with E-state index in [2.05, 4.69) is 0 Å². The molecule has 0 amide bonds. The van der Waals surface area contributed by atoms with E-state index in [1.54, 1.807) is 0 Å². The van der Waals surface area contributed by atoms with Gasteiger partial charge < -0.3 is 4.90 Å². The van der Waals surface area contributed by atoms with Gasteiger partial charge in [-0.05, 0) is 29.3 Å². The van der Waals surface area contributed by atoms with Crippen LogP contribution in [0.1, 0.15) is 11.1 Å². The third-order valence-corrected chi connectivity index (χ3v) is 2.97. The zero-order chi connectivity index (χ0) is 13.7. The molecule has 0 bridgehead atoms. The van der Waals surface area contributed by atoms with Gasteiger partial charge >= 0.3 is 0 Å². The fourth-order valence-corrected chi connectivity index (χ4v) is 1.86. The zero-order valence-electron chi connectivity index (χ0n) is 11.2. The second-order valence-corrected chi connectivity index (χ2v) is 4.57. The van der Waals surface area contributed by atoms with Crippen LogP contribution in [0.3, 0.4) is 0 Å². The number of rotatable bonds is 4. The molecule has 2 aromatic carbocycles. The fraction of sp³-hybridized carbons (Fsp3) is 0.118. The molecule has 2 nitrogen and oxygen atoms in total. The summed E-state index contributed by atoms with van der Waals surface area (Å²) in [7, 11) is 4.01. The molecule has 0 heterocycles. The summed E-state index contributed by atoms with van der Waals surface area (Å²) in [6, 6.07) is 17.8. The average Bonchev–Trinajstić information content (AvgIpc) is 2.46. The fourth-order valence-electron chi connectivity index (χ4n) is 1.86. The van der Waals surface area contributed by atoms with Crippen LogP contribution in [0, 0.1) is 0 Å². The molecule has 96 valence electrons. The highest BCUT2D eigenvalue weighted by atomic mass is 16.1. The van der Waals surface area contributed by atoms with Crippen LogP contribution in [0.2, 0.25) is 0 Å². The highest BCUT2D eigenvalue weighted by Crippen LogP contribution is 2.18. The summed E-state index contributed by atoms with van der Waals surface area (Å²) in [5.74, 6) is 0. The van der Waals surface area contributed by atoms with E-state index in [1.165, 1.54) is 0 Å². The largest absolute Gasteiger partial charge is 0.378 e. The lowest BCUT2D eigenvalue weighted by molar-refractivity contribution is -0.103. The Bertz CT molecular complexity index is 568. The van der Waals surface area contributed by atoms with Gasteiger partial charge in [0.25, 0.3) is 0 Å². The van der Waals surface area contributed by atoms with Gasteiger partial charge in [-0.25, -0.2) is 0 Å². The van der Waals surface area contributed by atoms with E-state index in [9.17, 15) is 4.79 Å². The molecule has 0 spiro atoms. The van der Waals surface area contributed by atoms with Gasteiger partial charge in [0, 0.05) is 25.4 Å². The first-order valence-corrected chi connectivity index (χ1v) is 6.20. The van der Waals surface area contributed by atoms with Crippen LogP contribution in [-0.2, 0) is 4.79 Å². The number of hydrogen-bond acceptors (Lipinski definition) is 2. The Morgan fingerprint density at radius 1 is 0.947 bits per heavy atom. The molecule has 0 aromatic heterocycles. The molecule has 19 heavy (non-hydrogen) atoms. The Kier molecular flexibility index (Phi) is 4.14. The third-order valence-electron chi connectivity index (χ3n) is 2.97. The molecular formula is C17H17NO. The molecule has 0 aliphatic carbocycles. The summed E-state index contributed by atoms with van der Waals surface area (Å²) in [4.78, 5) is 13.3. The molecule has 0 saturated heterocycles. The maximum Gasteiger partial charge on any atom is 0.150 e. The summed E-state index contributed by atoms with van der Waals surface area (Å²) < 4.78 is 0. The Hall–Kier alpha value is -2.35. The second-order valence-electron chi connectivity index (χ2n) is 4.57. The number of allylic oxidation sites excluding steroid dienone is 1. The highest BCUT2D eigenvalue weighted by Gasteiger charge is 2.00. The Balaban J connectivity index is 2.30. The lowest BCUT2D eigenvalue weighted by Crippen LogP contribution is -2.07. The molecule has 0 aliphatic heterocycles. The molecule has 2 heteroatoms. The van der Waals surface area contributed by atoms with E-state index in [0.717, 1.165) is 23.1 Å². The standard InChI is InChI=1S/C17H17NO/c1-18(2)17-10-8-14(9-11-17)12-16(13-19)15-6-4-3-5-7-15/h3-13H,1-2H3/b16-12+. The normalized spacial score (nSPS) is 11.2. The molecule has 0 unspecified atom stereocenters. The number of aldehydes is 1. The average molecular weight is 251 g/mol. The molecule has 2 rings (SSSR count). The van der Waals surface area contributed by atoms with E-state index in [0.29, 0.717) is 5.57 Å². The van der Waals surface area contributed by atoms with Crippen molar-refractivity contribution in [2.75, 3.05) is 19.0 Å². The zero-order valence-corrected chi connectivity index (χ0v) is 11.2. The predicted octanol–water partition coefficient (Wildman–Crippen LogP) is 3.49. The maximum absolute atomic E-state index is 11.2. The first kappa shape index (κ1) is 13.1. The van der Waals surface area contributed by atoms with Gasteiger partial charge in [-0.15, -0.1) is 0 Å². The first-order valence-electron chi connectivity index (χ1n) is 6.20. The van der Waals surface area contributed by atoms with Crippen molar-refractivity contribution in [3.05, 3.63) is 65.7 Å². The smallest absolute Gasteiger partial charge is 0.150 e. The van der Waals surface area contributed by atoms with Gasteiger partial charge in [0.15, 0.2) is 6.29 Å². The van der Waals surface area contributed by atoms with Crippen molar-refractivity contribution in [3.63, 3.8) is 0 Å². The van der Waals surface area contributed by atoms with Crippen molar-refractivity contribution in [2.45, 2.75) is 0 Å². The first-order chi connectivity index (χ1) is 9.20. The van der Waals surface area contributed by atoms with Crippen LogP contribution in [0.15, 0.2) is 54.6 Å². The molecule has 0 fully saturated rings. The van der Waals surface area contributed by atoms with Gasteiger partial charge in [-0.1, -0.05) is 42.5 Å². The van der Waals surface area contributed by atoms with E-state index < -0.39 is 0 Å². The monoisotopic (exact) mass is 251 g/mol. The summed E-state index contributed by atoms with van der Waals surface area (Å²) in [5.41, 5.74) is 3.80. The van der Waals surface area contributed by atoms with Gasteiger partial charge in [-0.2, -0.15) is 0 Å². The minimum Gasteiger partial charge on any atom is -0.378 e. The van der Waals surface area contributed by atoms with Crippen LogP contribution >= 0.6 is 0 Å². The highest BCUT2D eigenvalue weighted by molar-refractivity contribution is 6.13. The molecule has 2 aromatic rings. The van der Waals surface area contributed by atoms with Crippen molar-refractivity contribution in [3.8, 4) is 0 Å². The Morgan fingerprint density at radius 2 is 1.58 bits per heavy atom. The minimum atomic E-state index is 0.693. The number of carbonyl (C=O) groups excluding carboxylic acids is 1. The van der Waals surface area contributed by atoms with E-state index in [4.69, 9.17) is 0 Å². The quantitative estimate of drug-likeness (QED) is 0.471. The summed E-state index contributed by atoms with van der Waals surface area (Å²) >= 11 is 0. The van der Waals surface area contributed by atoms with Crippen LogP contribution in [0.5, 0.6) is 0 Å². The van der Waals surface area contributed by atoms with Crippen molar-refractivity contribution >= 4 is 23.6 Å². The molecule has 0 aliphatic rings. The Labute approximate surface area is 114 Å². The number of benzene rings is 2. The lowest BCUT2D eigenvalue weighted by Gasteiger charge is -2.12. The van der Waals surface area contributed by atoms with E-state index >= 15 is 0 Å². The summed E-state index contributed by atoms with van der Waals surface area (Å²) in [6.07, 6.45) is 2.80. The van der Waals surface area contributed by atoms with Crippen LogP contribution in [-0.4, -0.2) is 20.4 Å². The third kappa shape index (κ3) is 3.32. The van der Waals surface area contributed by atoms with Crippen molar-refractivity contribution in [2.24, 2.45) is 0 Å². The van der Waals surface area contributed by atoms with Crippen molar-refractivity contribution in [1.82, 2.24) is 0 Å². The van der Waals surface area contributed by atoms with Crippen LogP contribution in [0.4, 0.5) is 5.69 Å². The Morgan fingerprint density at radius 3 is 2.11 bits per heavy atom. The second kappa shape index (κ2) is 6.01. The maximum atomic E-state index is 11.2. The van der Waals surface area contributed by atoms with Gasteiger partial charge in [0.05, 0.1) is 0 Å².